The normalized spacial score (nSPS) is 12.5. The van der Waals surface area contributed by atoms with Crippen molar-refractivity contribution in [2.24, 2.45) is 0 Å². The van der Waals surface area contributed by atoms with Crippen LogP contribution in [0.15, 0.2) is 24.3 Å². The van der Waals surface area contributed by atoms with Crippen LogP contribution in [0, 0.1) is 3.57 Å². The number of halogens is 1. The van der Waals surface area contributed by atoms with Crippen molar-refractivity contribution in [1.82, 2.24) is 0 Å². The number of benzene rings is 1. The first kappa shape index (κ1) is 15.9. The van der Waals surface area contributed by atoms with Crippen molar-refractivity contribution < 1.29 is 15.7 Å². The van der Waals surface area contributed by atoms with Crippen molar-refractivity contribution in [3.8, 4) is 0 Å². The molecule has 0 aliphatic heterocycles. The summed E-state index contributed by atoms with van der Waals surface area (Å²) in [6, 6.07) is 7.78. The molecule has 0 aliphatic carbocycles. The Hall–Kier alpha value is -1.11. The zero-order chi connectivity index (χ0) is 14.4. The summed E-state index contributed by atoms with van der Waals surface area (Å²) in [6.07, 6.45) is 1.07. The van der Waals surface area contributed by atoms with E-state index < -0.39 is 32.6 Å². The van der Waals surface area contributed by atoms with Gasteiger partial charge in [-0.2, -0.15) is 0 Å². The molecule has 1 aromatic carbocycles. The average molecular weight is 378 g/mol. The Bertz CT molecular complexity index is 425. The number of hydrogen-bond donors (Lipinski definition) is 0. The molecule has 19 heavy (non-hydrogen) atoms. The third-order valence-electron chi connectivity index (χ3n) is 2.59. The predicted molar refractivity (Wildman–Crippen MR) is 81.4 cm³/mol. The van der Waals surface area contributed by atoms with E-state index in [2.05, 4.69) is 13.8 Å². The van der Waals surface area contributed by atoms with Crippen molar-refractivity contribution in [1.29, 1.82) is 0 Å². The Morgan fingerprint density at radius 2 is 1.58 bits per heavy atom. The second-order valence-electron chi connectivity index (χ2n) is 4.22. The van der Waals surface area contributed by atoms with Crippen LogP contribution in [0.5, 0.6) is 0 Å². The topological polar surface area (TPSA) is 52.6 Å². The Morgan fingerprint density at radius 3 is 1.95 bits per heavy atom. The molecule has 0 saturated carbocycles. The maximum atomic E-state index is 11.1. The molecule has 1 rings (SSSR count). The third kappa shape index (κ3) is 5.18. The second kappa shape index (κ2) is 7.47. The van der Waals surface area contributed by atoms with Gasteiger partial charge in [0.25, 0.3) is 0 Å². The average Bonchev–Trinajstić information content (AvgIpc) is 2.36. The van der Waals surface area contributed by atoms with Gasteiger partial charge in [0, 0.05) is 0 Å². The fourth-order valence-electron chi connectivity index (χ4n) is 1.43. The van der Waals surface area contributed by atoms with Crippen molar-refractivity contribution >= 4 is 32.6 Å². The van der Waals surface area contributed by atoms with Gasteiger partial charge in [-0.25, -0.2) is 0 Å². The molecule has 0 aromatic heterocycles. The van der Waals surface area contributed by atoms with E-state index >= 15 is 0 Å². The predicted octanol–water partition coefficient (Wildman–Crippen LogP) is 3.83. The number of rotatable bonds is 5. The first-order chi connectivity index (χ1) is 8.93. The van der Waals surface area contributed by atoms with Crippen molar-refractivity contribution in [3.05, 3.63) is 33.4 Å². The van der Waals surface area contributed by atoms with Gasteiger partial charge in [-0.1, -0.05) is 0 Å². The fourth-order valence-corrected chi connectivity index (χ4v) is 4.10. The molecule has 0 radical (unpaired) electrons. The molecular weight excluding hydrogens is 359 g/mol. The van der Waals surface area contributed by atoms with Gasteiger partial charge >= 0.3 is 122 Å². The van der Waals surface area contributed by atoms with Gasteiger partial charge in [0.15, 0.2) is 0 Å². The minimum absolute atomic E-state index is 0.419. The summed E-state index contributed by atoms with van der Waals surface area (Å²) in [7, 11) is 0. The summed E-state index contributed by atoms with van der Waals surface area (Å²) in [5, 5.41) is 0. The molecule has 1 aromatic rings. The molecule has 0 aliphatic rings. The molecule has 0 N–H and O–H groups in total. The molecule has 1 atom stereocenters. The Kier molecular flexibility index (Phi) is 6.27. The van der Waals surface area contributed by atoms with E-state index in [1.807, 2.05) is 24.3 Å². The Morgan fingerprint density at radius 1 is 1.11 bits per heavy atom. The van der Waals surface area contributed by atoms with E-state index in [-0.39, 0.29) is 0 Å². The van der Waals surface area contributed by atoms with Crippen LogP contribution >= 0.6 is 20.6 Å². The standard InChI is InChI=1S/C14H19IO4/c1-5-10(2)13-6-8-14(9-7-13)15(18-11(3)16)19-12(4)17/h6-10H,5H2,1-4H3. The van der Waals surface area contributed by atoms with Crippen molar-refractivity contribution in [2.75, 3.05) is 0 Å². The number of carbonyl (C=O) groups excluding carboxylic acids is 2. The van der Waals surface area contributed by atoms with E-state index in [9.17, 15) is 9.59 Å². The summed E-state index contributed by atoms with van der Waals surface area (Å²) in [6.45, 7) is 6.93. The fraction of sp³-hybridized carbons (Fsp3) is 0.429. The van der Waals surface area contributed by atoms with E-state index in [1.165, 1.54) is 19.4 Å². The van der Waals surface area contributed by atoms with Crippen molar-refractivity contribution in [3.63, 3.8) is 0 Å². The molecule has 4 nitrogen and oxygen atoms in total. The summed E-state index contributed by atoms with van der Waals surface area (Å²) in [5.74, 6) is -0.353. The molecule has 0 spiro atoms. The molecule has 0 saturated heterocycles. The van der Waals surface area contributed by atoms with Gasteiger partial charge in [0.1, 0.15) is 0 Å². The molecule has 0 amide bonds. The Balaban J connectivity index is 2.89. The molecule has 1 unspecified atom stereocenters. The van der Waals surface area contributed by atoms with Crippen LogP contribution < -0.4 is 0 Å². The first-order valence-corrected chi connectivity index (χ1v) is 8.96. The van der Waals surface area contributed by atoms with E-state index in [0.29, 0.717) is 5.92 Å². The van der Waals surface area contributed by atoms with E-state index in [1.54, 1.807) is 0 Å². The van der Waals surface area contributed by atoms with Crippen LogP contribution in [0.4, 0.5) is 0 Å². The molecule has 0 heterocycles. The van der Waals surface area contributed by atoms with Crippen LogP contribution in [0.2, 0.25) is 0 Å². The molecule has 5 heteroatoms. The third-order valence-corrected chi connectivity index (χ3v) is 6.36. The zero-order valence-corrected chi connectivity index (χ0v) is 13.8. The Labute approximate surface area is 122 Å². The zero-order valence-electron chi connectivity index (χ0n) is 11.6. The second-order valence-corrected chi connectivity index (χ2v) is 7.58. The summed E-state index contributed by atoms with van der Waals surface area (Å²) in [5.41, 5.74) is 1.23. The van der Waals surface area contributed by atoms with Gasteiger partial charge in [0.2, 0.25) is 0 Å². The van der Waals surface area contributed by atoms with Crippen LogP contribution in [0.25, 0.3) is 0 Å². The number of hydrogen-bond acceptors (Lipinski definition) is 4. The van der Waals surface area contributed by atoms with Gasteiger partial charge in [-0.15, -0.1) is 0 Å². The molecule has 0 bridgehead atoms. The maximum absolute atomic E-state index is 11.1. The minimum atomic E-state index is -2.66. The van der Waals surface area contributed by atoms with Crippen LogP contribution in [-0.4, -0.2) is 11.9 Å². The van der Waals surface area contributed by atoms with Gasteiger partial charge in [-0.3, -0.25) is 0 Å². The SMILES string of the molecule is CCC(C)c1ccc(I(OC(C)=O)OC(C)=O)cc1. The van der Waals surface area contributed by atoms with Crippen LogP contribution in [-0.2, 0) is 15.7 Å². The van der Waals surface area contributed by atoms with Gasteiger partial charge in [0.05, 0.1) is 0 Å². The van der Waals surface area contributed by atoms with Crippen LogP contribution in [0.3, 0.4) is 0 Å². The van der Waals surface area contributed by atoms with Gasteiger partial charge in [-0.05, 0) is 0 Å². The quantitative estimate of drug-likeness (QED) is 0.731. The summed E-state index contributed by atoms with van der Waals surface area (Å²) >= 11 is -2.66. The van der Waals surface area contributed by atoms with Crippen molar-refractivity contribution in [2.45, 2.75) is 40.0 Å². The monoisotopic (exact) mass is 378 g/mol. The molecule has 0 fully saturated rings. The molecule has 106 valence electrons. The number of carbonyl (C=O) groups is 2. The van der Waals surface area contributed by atoms with Crippen LogP contribution in [0.1, 0.15) is 45.6 Å². The van der Waals surface area contributed by atoms with E-state index in [4.69, 9.17) is 6.13 Å². The van der Waals surface area contributed by atoms with Gasteiger partial charge < -0.3 is 0 Å². The summed E-state index contributed by atoms with van der Waals surface area (Å²) in [4.78, 5) is 22.1. The summed E-state index contributed by atoms with van der Waals surface area (Å²) < 4.78 is 11.1. The molecular formula is C14H19IO4. The first-order valence-electron chi connectivity index (χ1n) is 6.12. The van der Waals surface area contributed by atoms with E-state index in [0.717, 1.165) is 9.99 Å².